The van der Waals surface area contributed by atoms with Crippen LogP contribution in [0.4, 0.5) is 0 Å². The highest BCUT2D eigenvalue weighted by molar-refractivity contribution is 6.00. The topological polar surface area (TPSA) is 73.4 Å². The van der Waals surface area contributed by atoms with E-state index in [9.17, 15) is 4.79 Å². The van der Waals surface area contributed by atoms with Gasteiger partial charge in [-0.2, -0.15) is 10.2 Å². The van der Waals surface area contributed by atoms with Gasteiger partial charge < -0.3 is 10.1 Å². The first-order valence-corrected chi connectivity index (χ1v) is 9.12. The number of nitrogens with zero attached hydrogens (tertiary/aromatic N) is 4. The van der Waals surface area contributed by atoms with Crippen molar-refractivity contribution in [2.75, 3.05) is 13.2 Å². The smallest absolute Gasteiger partial charge is 0.255 e. The van der Waals surface area contributed by atoms with Gasteiger partial charge in [-0.05, 0) is 38.0 Å². The molecule has 1 saturated heterocycles. The summed E-state index contributed by atoms with van der Waals surface area (Å²) in [4.78, 5) is 12.7. The SMILES string of the molecule is CCn1nccc1[C@@H]1OCCC[C@H]1CNC(=O)c1cnn2ccccc12. The Hall–Kier alpha value is -2.67. The van der Waals surface area contributed by atoms with E-state index >= 15 is 0 Å². The minimum atomic E-state index is -0.0977. The van der Waals surface area contributed by atoms with E-state index in [0.717, 1.165) is 37.2 Å². The molecule has 1 aliphatic rings. The van der Waals surface area contributed by atoms with Gasteiger partial charge in [-0.1, -0.05) is 6.07 Å². The summed E-state index contributed by atoms with van der Waals surface area (Å²) in [6, 6.07) is 7.71. The average molecular weight is 353 g/mol. The first-order valence-electron chi connectivity index (χ1n) is 9.12. The van der Waals surface area contributed by atoms with Crippen LogP contribution in [0.5, 0.6) is 0 Å². The Bertz CT molecular complexity index is 900. The van der Waals surface area contributed by atoms with E-state index in [1.165, 1.54) is 0 Å². The normalized spacial score (nSPS) is 20.3. The first-order chi connectivity index (χ1) is 12.8. The van der Waals surface area contributed by atoms with Gasteiger partial charge in [-0.25, -0.2) is 4.52 Å². The molecule has 0 unspecified atom stereocenters. The molecule has 4 heterocycles. The standard InChI is InChI=1S/C19H23N5O2/c1-2-23-17(8-9-21-23)18-14(6-5-11-26-18)12-20-19(25)15-13-22-24-10-4-3-7-16(15)24/h3-4,7-10,13-14,18H,2,5-6,11-12H2,1H3,(H,20,25)/t14-,18+/m0/s1. The first kappa shape index (κ1) is 16.8. The van der Waals surface area contributed by atoms with E-state index in [1.807, 2.05) is 41.3 Å². The zero-order valence-electron chi connectivity index (χ0n) is 14.8. The lowest BCUT2D eigenvalue weighted by molar-refractivity contribution is -0.0321. The molecule has 0 spiro atoms. The quantitative estimate of drug-likeness (QED) is 0.765. The number of rotatable bonds is 5. The van der Waals surface area contributed by atoms with Crippen molar-refractivity contribution >= 4 is 11.4 Å². The second-order valence-electron chi connectivity index (χ2n) is 6.56. The fraction of sp³-hybridized carbons (Fsp3) is 0.421. The molecule has 1 fully saturated rings. The van der Waals surface area contributed by atoms with Crippen molar-refractivity contribution in [1.82, 2.24) is 24.7 Å². The molecule has 0 saturated carbocycles. The van der Waals surface area contributed by atoms with E-state index in [-0.39, 0.29) is 17.9 Å². The molecule has 0 aliphatic carbocycles. The molecule has 0 radical (unpaired) electrons. The molecule has 0 aromatic carbocycles. The highest BCUT2D eigenvalue weighted by atomic mass is 16.5. The number of hydrogen-bond donors (Lipinski definition) is 1. The minimum Gasteiger partial charge on any atom is -0.372 e. The van der Waals surface area contributed by atoms with Crippen LogP contribution in [0.15, 0.2) is 42.9 Å². The maximum Gasteiger partial charge on any atom is 0.255 e. The van der Waals surface area contributed by atoms with Crippen molar-refractivity contribution in [3.05, 3.63) is 54.1 Å². The molecule has 1 N–H and O–H groups in total. The summed E-state index contributed by atoms with van der Waals surface area (Å²) in [6.45, 7) is 4.20. The second kappa shape index (κ2) is 7.29. The van der Waals surface area contributed by atoms with Gasteiger partial charge in [0.25, 0.3) is 5.91 Å². The van der Waals surface area contributed by atoms with Crippen LogP contribution in [0, 0.1) is 5.92 Å². The average Bonchev–Trinajstić information content (AvgIpc) is 3.33. The number of hydrogen-bond acceptors (Lipinski definition) is 4. The largest absolute Gasteiger partial charge is 0.372 e. The number of nitrogens with one attached hydrogen (secondary N) is 1. The number of amides is 1. The van der Waals surface area contributed by atoms with Crippen LogP contribution in [0.2, 0.25) is 0 Å². The third kappa shape index (κ3) is 3.10. The van der Waals surface area contributed by atoms with Crippen LogP contribution in [-0.2, 0) is 11.3 Å². The summed E-state index contributed by atoms with van der Waals surface area (Å²) in [5.41, 5.74) is 2.49. The lowest BCUT2D eigenvalue weighted by Gasteiger charge is -2.32. The van der Waals surface area contributed by atoms with Crippen LogP contribution >= 0.6 is 0 Å². The van der Waals surface area contributed by atoms with Gasteiger partial charge in [-0.3, -0.25) is 9.48 Å². The maximum absolute atomic E-state index is 12.7. The Kier molecular flexibility index (Phi) is 4.71. The monoisotopic (exact) mass is 353 g/mol. The Morgan fingerprint density at radius 1 is 1.35 bits per heavy atom. The predicted molar refractivity (Wildman–Crippen MR) is 96.8 cm³/mol. The van der Waals surface area contributed by atoms with E-state index in [0.29, 0.717) is 12.1 Å². The van der Waals surface area contributed by atoms with Gasteiger partial charge >= 0.3 is 0 Å². The Labute approximate surface area is 152 Å². The number of ether oxygens (including phenoxy) is 1. The Morgan fingerprint density at radius 3 is 3.15 bits per heavy atom. The molecule has 136 valence electrons. The van der Waals surface area contributed by atoms with Crippen LogP contribution < -0.4 is 5.32 Å². The molecule has 0 bridgehead atoms. The molecule has 4 rings (SSSR count). The highest BCUT2D eigenvalue weighted by Gasteiger charge is 2.30. The zero-order chi connectivity index (χ0) is 17.9. The van der Waals surface area contributed by atoms with Gasteiger partial charge in [0.1, 0.15) is 6.10 Å². The van der Waals surface area contributed by atoms with Gasteiger partial charge in [0, 0.05) is 38.0 Å². The van der Waals surface area contributed by atoms with Crippen LogP contribution in [0.1, 0.15) is 41.9 Å². The third-order valence-electron chi connectivity index (χ3n) is 4.98. The molecule has 1 amide bonds. The third-order valence-corrected chi connectivity index (χ3v) is 4.98. The Morgan fingerprint density at radius 2 is 2.27 bits per heavy atom. The van der Waals surface area contributed by atoms with E-state index in [1.54, 1.807) is 10.7 Å². The summed E-state index contributed by atoms with van der Waals surface area (Å²) >= 11 is 0. The number of carbonyl (C=O) groups excluding carboxylic acids is 1. The van der Waals surface area contributed by atoms with Gasteiger partial charge in [0.05, 0.1) is 23.0 Å². The lowest BCUT2D eigenvalue weighted by Crippen LogP contribution is -2.35. The molecule has 1 aliphatic heterocycles. The molecule has 3 aromatic heterocycles. The molecule has 7 nitrogen and oxygen atoms in total. The van der Waals surface area contributed by atoms with Crippen LogP contribution in [-0.4, -0.2) is 38.5 Å². The molecular formula is C19H23N5O2. The summed E-state index contributed by atoms with van der Waals surface area (Å²) < 4.78 is 9.72. The number of carbonyl (C=O) groups is 1. The summed E-state index contributed by atoms with van der Waals surface area (Å²) in [7, 11) is 0. The Balaban J connectivity index is 1.48. The lowest BCUT2D eigenvalue weighted by atomic mass is 9.92. The number of aromatic nitrogens is 4. The van der Waals surface area contributed by atoms with Crippen molar-refractivity contribution in [1.29, 1.82) is 0 Å². The van der Waals surface area contributed by atoms with Crippen molar-refractivity contribution in [2.45, 2.75) is 32.4 Å². The van der Waals surface area contributed by atoms with E-state index in [2.05, 4.69) is 22.4 Å². The van der Waals surface area contributed by atoms with Gasteiger partial charge in [0.2, 0.25) is 0 Å². The molecule has 2 atom stereocenters. The maximum atomic E-state index is 12.7. The highest BCUT2D eigenvalue weighted by Crippen LogP contribution is 2.33. The minimum absolute atomic E-state index is 0.0320. The van der Waals surface area contributed by atoms with Gasteiger partial charge in [0.15, 0.2) is 0 Å². The van der Waals surface area contributed by atoms with E-state index in [4.69, 9.17) is 4.74 Å². The van der Waals surface area contributed by atoms with E-state index < -0.39 is 0 Å². The molecule has 26 heavy (non-hydrogen) atoms. The molecule has 3 aromatic rings. The van der Waals surface area contributed by atoms with Gasteiger partial charge in [-0.15, -0.1) is 0 Å². The van der Waals surface area contributed by atoms with Crippen molar-refractivity contribution in [3.63, 3.8) is 0 Å². The fourth-order valence-corrected chi connectivity index (χ4v) is 3.66. The van der Waals surface area contributed by atoms with Crippen LogP contribution in [0.25, 0.3) is 5.52 Å². The predicted octanol–water partition coefficient (Wildman–Crippen LogP) is 2.45. The van der Waals surface area contributed by atoms with Crippen LogP contribution in [0.3, 0.4) is 0 Å². The summed E-state index contributed by atoms with van der Waals surface area (Å²) in [5.74, 6) is 0.135. The van der Waals surface area contributed by atoms with Crippen molar-refractivity contribution in [2.24, 2.45) is 5.92 Å². The fourth-order valence-electron chi connectivity index (χ4n) is 3.66. The number of aryl methyl sites for hydroxylation is 1. The second-order valence-corrected chi connectivity index (χ2v) is 6.56. The number of pyridine rings is 1. The molecule has 7 heteroatoms. The summed E-state index contributed by atoms with van der Waals surface area (Å²) in [5, 5.41) is 11.7. The number of fused-ring (bicyclic) bond motifs is 1. The molecular weight excluding hydrogens is 330 g/mol. The summed E-state index contributed by atoms with van der Waals surface area (Å²) in [6.07, 6.45) is 7.26. The zero-order valence-corrected chi connectivity index (χ0v) is 14.8. The van der Waals surface area contributed by atoms with Crippen molar-refractivity contribution < 1.29 is 9.53 Å². The van der Waals surface area contributed by atoms with Crippen molar-refractivity contribution in [3.8, 4) is 0 Å².